The van der Waals surface area contributed by atoms with Gasteiger partial charge in [0.2, 0.25) is 11.8 Å². The van der Waals surface area contributed by atoms with Crippen LogP contribution in [0.1, 0.15) is 60.9 Å². The quantitative estimate of drug-likeness (QED) is 0.670. The van der Waals surface area contributed by atoms with Gasteiger partial charge in [0.05, 0.1) is 0 Å². The molecule has 1 saturated carbocycles. The van der Waals surface area contributed by atoms with Crippen molar-refractivity contribution in [1.29, 1.82) is 0 Å². The van der Waals surface area contributed by atoms with Crippen LogP contribution in [0.4, 0.5) is 10.5 Å². The van der Waals surface area contributed by atoms with Crippen LogP contribution in [0, 0.1) is 6.92 Å². The Morgan fingerprint density at radius 2 is 1.87 bits per heavy atom. The Morgan fingerprint density at radius 3 is 2.50 bits per heavy atom. The molecule has 0 spiro atoms. The first-order chi connectivity index (χ1) is 14.3. The van der Waals surface area contributed by atoms with E-state index < -0.39 is 0 Å². The summed E-state index contributed by atoms with van der Waals surface area (Å²) < 4.78 is 0. The van der Waals surface area contributed by atoms with Gasteiger partial charge >= 0.3 is 6.03 Å². The fourth-order valence-electron chi connectivity index (χ4n) is 3.96. The van der Waals surface area contributed by atoms with E-state index in [0.29, 0.717) is 17.7 Å². The number of nitrogens with one attached hydrogen (secondary N) is 2. The fourth-order valence-corrected chi connectivity index (χ4v) is 3.96. The zero-order valence-corrected chi connectivity index (χ0v) is 17.7. The number of benzene rings is 1. The molecule has 1 saturated heterocycles. The smallest absolute Gasteiger partial charge is 0.326 e. The van der Waals surface area contributed by atoms with E-state index in [1.165, 1.54) is 16.2 Å². The van der Waals surface area contributed by atoms with Crippen molar-refractivity contribution in [2.45, 2.75) is 57.9 Å². The molecule has 0 atom stereocenters. The van der Waals surface area contributed by atoms with Gasteiger partial charge < -0.3 is 15.5 Å². The predicted octanol–water partition coefficient (Wildman–Crippen LogP) is 2.67. The number of urea groups is 1. The largest absolute Gasteiger partial charge is 0.349 e. The van der Waals surface area contributed by atoms with Gasteiger partial charge in [-0.05, 0) is 49.9 Å². The minimum Gasteiger partial charge on any atom is -0.349 e. The highest BCUT2D eigenvalue weighted by Gasteiger charge is 2.32. The van der Waals surface area contributed by atoms with E-state index in [2.05, 4.69) is 10.6 Å². The second kappa shape index (κ2) is 9.73. The maximum atomic E-state index is 12.5. The van der Waals surface area contributed by atoms with Crippen LogP contribution in [0.5, 0.6) is 0 Å². The number of imide groups is 1. The van der Waals surface area contributed by atoms with E-state index >= 15 is 0 Å². The number of hydrogen-bond donors (Lipinski definition) is 2. The lowest BCUT2D eigenvalue weighted by molar-refractivity contribution is -0.125. The van der Waals surface area contributed by atoms with Gasteiger partial charge in [-0.15, -0.1) is 0 Å². The van der Waals surface area contributed by atoms with Crippen molar-refractivity contribution < 1.29 is 19.2 Å². The summed E-state index contributed by atoms with van der Waals surface area (Å²) in [7, 11) is 1.58. The molecule has 1 aliphatic carbocycles. The van der Waals surface area contributed by atoms with Gasteiger partial charge in [0.25, 0.3) is 5.91 Å². The highest BCUT2D eigenvalue weighted by atomic mass is 16.2. The first kappa shape index (κ1) is 21.8. The minimum atomic E-state index is -0.321. The van der Waals surface area contributed by atoms with Crippen LogP contribution >= 0.6 is 0 Å². The van der Waals surface area contributed by atoms with Crippen molar-refractivity contribution in [2.24, 2.45) is 0 Å². The second-order valence-corrected chi connectivity index (χ2v) is 8.17. The molecule has 2 N–H and O–H groups in total. The lowest BCUT2D eigenvalue weighted by Gasteiger charge is -2.23. The molecule has 0 radical (unpaired) electrons. The summed E-state index contributed by atoms with van der Waals surface area (Å²) in [5.74, 6) is -0.501. The Bertz CT molecular complexity index is 832. The third-order valence-corrected chi connectivity index (χ3v) is 5.72. The number of anilines is 1. The van der Waals surface area contributed by atoms with E-state index in [1.54, 1.807) is 25.2 Å². The molecule has 2 fully saturated rings. The average Bonchev–Trinajstić information content (AvgIpc) is 2.96. The highest BCUT2D eigenvalue weighted by Crippen LogP contribution is 2.20. The fraction of sp³-hybridized carbons (Fsp3) is 0.545. The number of likely N-dealkylation sites (N-methyl/N-ethyl adjacent to an activating group) is 1. The van der Waals surface area contributed by atoms with E-state index in [9.17, 15) is 19.2 Å². The third-order valence-electron chi connectivity index (χ3n) is 5.72. The van der Waals surface area contributed by atoms with Crippen molar-refractivity contribution in [3.8, 4) is 0 Å². The monoisotopic (exact) mass is 414 g/mol. The molecule has 3 rings (SSSR count). The van der Waals surface area contributed by atoms with Crippen molar-refractivity contribution in [1.82, 2.24) is 15.1 Å². The maximum Gasteiger partial charge on any atom is 0.326 e. The van der Waals surface area contributed by atoms with Crippen LogP contribution in [-0.4, -0.2) is 59.7 Å². The molecule has 30 heavy (non-hydrogen) atoms. The van der Waals surface area contributed by atoms with Gasteiger partial charge in [-0.1, -0.05) is 19.3 Å². The minimum absolute atomic E-state index is 0.0761. The van der Waals surface area contributed by atoms with Gasteiger partial charge in [-0.25, -0.2) is 4.79 Å². The molecule has 0 bridgehead atoms. The summed E-state index contributed by atoms with van der Waals surface area (Å²) in [6.07, 6.45) is 6.22. The molecule has 1 aromatic rings. The molecule has 162 valence electrons. The summed E-state index contributed by atoms with van der Waals surface area (Å²) in [6, 6.07) is 5.17. The number of amides is 5. The number of rotatable bonds is 7. The van der Waals surface area contributed by atoms with Crippen LogP contribution in [0.15, 0.2) is 18.2 Å². The lowest BCUT2D eigenvalue weighted by Crippen LogP contribution is -2.36. The summed E-state index contributed by atoms with van der Waals surface area (Å²) in [6.45, 7) is 2.17. The van der Waals surface area contributed by atoms with Gasteiger partial charge in [-0.2, -0.15) is 0 Å². The molecule has 1 heterocycles. The van der Waals surface area contributed by atoms with E-state index in [4.69, 9.17) is 0 Å². The highest BCUT2D eigenvalue weighted by molar-refractivity contribution is 6.02. The molecule has 0 aromatic heterocycles. The molecular formula is C22H30N4O4. The number of hydrogen-bond acceptors (Lipinski definition) is 4. The normalized spacial score (nSPS) is 17.4. The SMILES string of the molecule is Cc1cc(C(=O)NC2CCCCC2)ccc1NC(=O)CCCN1C(=O)CN(C)C1=O. The summed E-state index contributed by atoms with van der Waals surface area (Å²) >= 11 is 0. The van der Waals surface area contributed by atoms with E-state index in [1.807, 2.05) is 6.92 Å². The molecular weight excluding hydrogens is 384 g/mol. The molecule has 8 heteroatoms. The van der Waals surface area contributed by atoms with Crippen molar-refractivity contribution in [3.63, 3.8) is 0 Å². The standard InChI is InChI=1S/C22H30N4O4/c1-15-13-16(21(29)23-17-7-4-3-5-8-17)10-11-18(15)24-19(27)9-6-12-26-20(28)14-25(2)22(26)30/h10-11,13,17H,3-9,12,14H2,1-2H3,(H,23,29)(H,24,27). The molecule has 1 aromatic carbocycles. The molecule has 8 nitrogen and oxygen atoms in total. The number of carbonyl (C=O) groups excluding carboxylic acids is 4. The van der Waals surface area contributed by atoms with Crippen LogP contribution in [0.3, 0.4) is 0 Å². The molecule has 1 aliphatic heterocycles. The lowest BCUT2D eigenvalue weighted by atomic mass is 9.95. The number of nitrogens with zero attached hydrogens (tertiary/aromatic N) is 2. The van der Waals surface area contributed by atoms with Crippen LogP contribution < -0.4 is 10.6 Å². The van der Waals surface area contributed by atoms with Crippen molar-refractivity contribution in [2.75, 3.05) is 25.5 Å². The maximum absolute atomic E-state index is 12.5. The summed E-state index contributed by atoms with van der Waals surface area (Å²) in [5, 5.41) is 5.94. The van der Waals surface area contributed by atoms with E-state index in [0.717, 1.165) is 31.2 Å². The third kappa shape index (κ3) is 5.37. The Hall–Kier alpha value is -2.90. The van der Waals surface area contributed by atoms with Gasteiger partial charge in [0.1, 0.15) is 6.54 Å². The zero-order valence-electron chi connectivity index (χ0n) is 17.7. The zero-order chi connectivity index (χ0) is 21.7. The Morgan fingerprint density at radius 1 is 1.13 bits per heavy atom. The van der Waals surface area contributed by atoms with Crippen LogP contribution in [-0.2, 0) is 9.59 Å². The number of carbonyl (C=O) groups is 4. The molecule has 2 aliphatic rings. The molecule has 0 unspecified atom stereocenters. The number of aryl methyl sites for hydroxylation is 1. The van der Waals surface area contributed by atoms with E-state index in [-0.39, 0.29) is 49.3 Å². The predicted molar refractivity (Wildman–Crippen MR) is 113 cm³/mol. The van der Waals surface area contributed by atoms with Crippen LogP contribution in [0.25, 0.3) is 0 Å². The average molecular weight is 415 g/mol. The Kier molecular flexibility index (Phi) is 7.07. The van der Waals surface area contributed by atoms with Crippen molar-refractivity contribution in [3.05, 3.63) is 29.3 Å². The second-order valence-electron chi connectivity index (χ2n) is 8.17. The van der Waals surface area contributed by atoms with Crippen LogP contribution in [0.2, 0.25) is 0 Å². The topological polar surface area (TPSA) is 98.8 Å². The summed E-state index contributed by atoms with van der Waals surface area (Å²) in [5.41, 5.74) is 2.06. The summed E-state index contributed by atoms with van der Waals surface area (Å²) in [4.78, 5) is 50.9. The first-order valence-electron chi connectivity index (χ1n) is 10.6. The Labute approximate surface area is 177 Å². The first-order valence-corrected chi connectivity index (χ1v) is 10.6. The van der Waals surface area contributed by atoms with Crippen molar-refractivity contribution >= 4 is 29.4 Å². The van der Waals surface area contributed by atoms with Gasteiger partial charge in [0.15, 0.2) is 0 Å². The van der Waals surface area contributed by atoms with Gasteiger partial charge in [-0.3, -0.25) is 19.3 Å². The Balaban J connectivity index is 1.47. The molecule has 5 amide bonds. The van der Waals surface area contributed by atoms with Gasteiger partial charge in [0, 0.05) is 37.3 Å².